The Balaban J connectivity index is 3.11. The molecule has 0 atom stereocenters. The average molecular weight is 483 g/mol. The molecule has 4 heteroatoms. The second kappa shape index (κ2) is 23.7. The van der Waals surface area contributed by atoms with Crippen molar-refractivity contribution in [1.82, 2.24) is 0 Å². The summed E-state index contributed by atoms with van der Waals surface area (Å²) < 4.78 is 5.34. The van der Waals surface area contributed by atoms with E-state index in [-0.39, 0.29) is 11.6 Å². The summed E-state index contributed by atoms with van der Waals surface area (Å²) >= 11 is 0. The lowest BCUT2D eigenvalue weighted by molar-refractivity contribution is -0.155. The van der Waals surface area contributed by atoms with Crippen LogP contribution in [0.4, 0.5) is 0 Å². The van der Waals surface area contributed by atoms with Crippen molar-refractivity contribution < 1.29 is 19.4 Å². The molecule has 0 rings (SSSR count). The van der Waals surface area contributed by atoms with Crippen LogP contribution in [-0.4, -0.2) is 22.6 Å². The van der Waals surface area contributed by atoms with Crippen LogP contribution in [0.15, 0.2) is 0 Å². The molecule has 0 fully saturated rings. The first-order chi connectivity index (χ1) is 16.3. The fourth-order valence-corrected chi connectivity index (χ4v) is 4.47. The predicted molar refractivity (Wildman–Crippen MR) is 144 cm³/mol. The summed E-state index contributed by atoms with van der Waals surface area (Å²) in [5.74, 6) is -0.713. The highest BCUT2D eigenvalue weighted by Gasteiger charge is 2.15. The molecule has 0 aliphatic carbocycles. The van der Waals surface area contributed by atoms with E-state index in [0.717, 1.165) is 25.7 Å². The van der Waals surface area contributed by atoms with Gasteiger partial charge in [-0.2, -0.15) is 0 Å². The van der Waals surface area contributed by atoms with Crippen LogP contribution in [0.5, 0.6) is 0 Å². The van der Waals surface area contributed by atoms with Gasteiger partial charge in [-0.05, 0) is 33.6 Å². The SMILES string of the molecule is CC(C)(C)OC(=O)CCCCCCCCCCCCCCCCCCCCCCCCC(=O)O. The Morgan fingerprint density at radius 2 is 0.706 bits per heavy atom. The highest BCUT2D eigenvalue weighted by atomic mass is 16.6. The van der Waals surface area contributed by atoms with E-state index in [4.69, 9.17) is 9.84 Å². The third kappa shape index (κ3) is 29.0. The molecule has 34 heavy (non-hydrogen) atoms. The second-order valence-corrected chi connectivity index (χ2v) is 11.3. The standard InChI is InChI=1S/C30H58O4/c1-30(2,3)34-29(33)27-25-23-21-19-17-15-13-11-9-7-5-4-6-8-10-12-14-16-18-20-22-24-26-28(31)32/h4-27H2,1-3H3,(H,31,32). The highest BCUT2D eigenvalue weighted by Crippen LogP contribution is 2.16. The Morgan fingerprint density at radius 3 is 0.941 bits per heavy atom. The Morgan fingerprint density at radius 1 is 0.471 bits per heavy atom. The van der Waals surface area contributed by atoms with Crippen LogP contribution < -0.4 is 0 Å². The molecular formula is C30H58O4. The Kier molecular flexibility index (Phi) is 22.9. The molecule has 0 spiro atoms. The maximum Gasteiger partial charge on any atom is 0.306 e. The summed E-state index contributed by atoms with van der Waals surface area (Å²) in [6.45, 7) is 5.78. The molecule has 0 radical (unpaired) electrons. The van der Waals surface area contributed by atoms with E-state index in [2.05, 4.69) is 0 Å². The number of rotatable bonds is 25. The van der Waals surface area contributed by atoms with Crippen LogP contribution in [0, 0.1) is 0 Å². The van der Waals surface area contributed by atoms with E-state index in [9.17, 15) is 9.59 Å². The molecule has 1 N–H and O–H groups in total. The number of carbonyl (C=O) groups excluding carboxylic acids is 1. The van der Waals surface area contributed by atoms with Crippen LogP contribution in [0.3, 0.4) is 0 Å². The molecule has 0 aliphatic rings. The number of hydrogen-bond acceptors (Lipinski definition) is 3. The van der Waals surface area contributed by atoms with Gasteiger partial charge < -0.3 is 9.84 Å². The number of aliphatic carboxylic acids is 1. The number of carbonyl (C=O) groups is 2. The topological polar surface area (TPSA) is 63.6 Å². The maximum atomic E-state index is 11.7. The lowest BCUT2D eigenvalue weighted by atomic mass is 10.0. The fraction of sp³-hybridized carbons (Fsp3) is 0.933. The predicted octanol–water partition coefficient (Wildman–Crippen LogP) is 9.78. The Labute approximate surface area is 212 Å². The molecule has 0 unspecified atom stereocenters. The van der Waals surface area contributed by atoms with Gasteiger partial charge in [-0.3, -0.25) is 9.59 Å². The van der Waals surface area contributed by atoms with E-state index in [0.29, 0.717) is 12.8 Å². The Hall–Kier alpha value is -1.06. The molecular weight excluding hydrogens is 424 g/mol. The molecule has 4 nitrogen and oxygen atoms in total. The van der Waals surface area contributed by atoms with Crippen molar-refractivity contribution in [2.75, 3.05) is 0 Å². The average Bonchev–Trinajstić information content (AvgIpc) is 2.75. The van der Waals surface area contributed by atoms with Gasteiger partial charge in [-0.15, -0.1) is 0 Å². The number of unbranched alkanes of at least 4 members (excludes halogenated alkanes) is 21. The maximum absolute atomic E-state index is 11.7. The van der Waals surface area contributed by atoms with E-state index in [1.165, 1.54) is 116 Å². The van der Waals surface area contributed by atoms with Gasteiger partial charge in [0.15, 0.2) is 0 Å². The van der Waals surface area contributed by atoms with Crippen molar-refractivity contribution in [2.45, 2.75) is 180 Å². The third-order valence-corrected chi connectivity index (χ3v) is 6.44. The molecule has 0 aromatic rings. The van der Waals surface area contributed by atoms with E-state index in [1.54, 1.807) is 0 Å². The van der Waals surface area contributed by atoms with Gasteiger partial charge in [0.05, 0.1) is 0 Å². The van der Waals surface area contributed by atoms with Crippen molar-refractivity contribution in [3.8, 4) is 0 Å². The van der Waals surface area contributed by atoms with Gasteiger partial charge in [0.25, 0.3) is 0 Å². The van der Waals surface area contributed by atoms with Crippen LogP contribution in [0.2, 0.25) is 0 Å². The van der Waals surface area contributed by atoms with E-state index >= 15 is 0 Å². The van der Waals surface area contributed by atoms with Crippen molar-refractivity contribution in [3.05, 3.63) is 0 Å². The quantitative estimate of drug-likeness (QED) is 0.104. The van der Waals surface area contributed by atoms with Crippen LogP contribution in [-0.2, 0) is 14.3 Å². The molecule has 0 aromatic carbocycles. The summed E-state index contributed by atoms with van der Waals surface area (Å²) in [6, 6.07) is 0. The molecule has 0 bridgehead atoms. The summed E-state index contributed by atoms with van der Waals surface area (Å²) in [7, 11) is 0. The lowest BCUT2D eigenvalue weighted by Gasteiger charge is -2.19. The van der Waals surface area contributed by atoms with Crippen molar-refractivity contribution in [1.29, 1.82) is 0 Å². The smallest absolute Gasteiger partial charge is 0.306 e. The highest BCUT2D eigenvalue weighted by molar-refractivity contribution is 5.69. The van der Waals surface area contributed by atoms with Crippen molar-refractivity contribution in [3.63, 3.8) is 0 Å². The summed E-state index contributed by atoms with van der Waals surface area (Å²) in [5.41, 5.74) is -0.356. The normalized spacial score (nSPS) is 11.6. The largest absolute Gasteiger partial charge is 0.481 e. The van der Waals surface area contributed by atoms with E-state index < -0.39 is 5.97 Å². The fourth-order valence-electron chi connectivity index (χ4n) is 4.47. The number of esters is 1. The number of carboxylic acids is 1. The van der Waals surface area contributed by atoms with Crippen LogP contribution >= 0.6 is 0 Å². The van der Waals surface area contributed by atoms with Crippen LogP contribution in [0.25, 0.3) is 0 Å². The lowest BCUT2D eigenvalue weighted by Crippen LogP contribution is -2.23. The summed E-state index contributed by atoms with van der Waals surface area (Å²) in [5, 5.41) is 8.61. The van der Waals surface area contributed by atoms with Gasteiger partial charge in [0.1, 0.15) is 5.60 Å². The van der Waals surface area contributed by atoms with Gasteiger partial charge in [0, 0.05) is 12.8 Å². The van der Waals surface area contributed by atoms with Gasteiger partial charge in [-0.25, -0.2) is 0 Å². The second-order valence-electron chi connectivity index (χ2n) is 11.3. The molecule has 0 aliphatic heterocycles. The summed E-state index contributed by atoms with van der Waals surface area (Å²) in [6.07, 6.45) is 29.3. The molecule has 0 amide bonds. The van der Waals surface area contributed by atoms with Gasteiger partial charge in [-0.1, -0.05) is 128 Å². The molecule has 0 saturated heterocycles. The van der Waals surface area contributed by atoms with Gasteiger partial charge in [0.2, 0.25) is 0 Å². The summed E-state index contributed by atoms with van der Waals surface area (Å²) in [4.78, 5) is 22.1. The third-order valence-electron chi connectivity index (χ3n) is 6.44. The minimum absolute atomic E-state index is 0.0535. The van der Waals surface area contributed by atoms with Gasteiger partial charge >= 0.3 is 11.9 Å². The minimum atomic E-state index is -0.660. The molecule has 0 aromatic heterocycles. The Bertz CT molecular complexity index is 467. The molecule has 0 heterocycles. The number of hydrogen-bond donors (Lipinski definition) is 1. The molecule has 202 valence electrons. The van der Waals surface area contributed by atoms with Crippen molar-refractivity contribution >= 4 is 11.9 Å². The van der Waals surface area contributed by atoms with E-state index in [1.807, 2.05) is 20.8 Å². The number of carboxylic acid groups (broad SMARTS) is 1. The molecule has 0 saturated carbocycles. The van der Waals surface area contributed by atoms with Crippen LogP contribution in [0.1, 0.15) is 175 Å². The first-order valence-corrected chi connectivity index (χ1v) is 14.7. The first-order valence-electron chi connectivity index (χ1n) is 14.7. The monoisotopic (exact) mass is 482 g/mol. The number of ether oxygens (including phenoxy) is 1. The first kappa shape index (κ1) is 32.9. The zero-order valence-electron chi connectivity index (χ0n) is 23.1. The zero-order valence-corrected chi connectivity index (χ0v) is 23.1. The zero-order chi connectivity index (χ0) is 25.3. The minimum Gasteiger partial charge on any atom is -0.481 e. The van der Waals surface area contributed by atoms with Crippen molar-refractivity contribution in [2.24, 2.45) is 0 Å².